The van der Waals surface area contributed by atoms with Crippen LogP contribution in [0.2, 0.25) is 0 Å². The molecule has 0 aliphatic carbocycles. The maximum atomic E-state index is 13.5. The zero-order valence-corrected chi connectivity index (χ0v) is 18.5. The molecule has 0 atom stereocenters. The average Bonchev–Trinajstić information content (AvgIpc) is 3.34. The fourth-order valence-corrected chi connectivity index (χ4v) is 3.79. The molecule has 4 rings (SSSR count). The molecule has 0 radical (unpaired) electrons. The van der Waals surface area contributed by atoms with Crippen molar-refractivity contribution < 1.29 is 23.9 Å². The third-order valence-corrected chi connectivity index (χ3v) is 5.75. The minimum Gasteiger partial charge on any atom is -0.507 e. The lowest BCUT2D eigenvalue weighted by Gasteiger charge is -2.35. The van der Waals surface area contributed by atoms with Crippen molar-refractivity contribution in [3.8, 4) is 17.0 Å². The van der Waals surface area contributed by atoms with E-state index in [1.54, 1.807) is 41.9 Å². The minimum atomic E-state index is -0.526. The summed E-state index contributed by atoms with van der Waals surface area (Å²) in [5.41, 5.74) is 2.08. The van der Waals surface area contributed by atoms with Crippen LogP contribution in [0.4, 0.5) is 4.39 Å². The SMILES string of the molecule is Bc1ccc(F)cc1C(=O)N1CCN(C(=O)CNC(=O)c2cc(-c3ccccc3O)[nH]n2)CC1. The summed E-state index contributed by atoms with van der Waals surface area (Å²) in [4.78, 5) is 40.8. The maximum absolute atomic E-state index is 13.5. The van der Waals surface area contributed by atoms with Crippen LogP contribution in [0, 0.1) is 5.82 Å². The topological polar surface area (TPSA) is 119 Å². The van der Waals surface area contributed by atoms with E-state index in [2.05, 4.69) is 15.5 Å². The van der Waals surface area contributed by atoms with Gasteiger partial charge in [-0.1, -0.05) is 23.7 Å². The third-order valence-electron chi connectivity index (χ3n) is 5.75. The first-order valence-corrected chi connectivity index (χ1v) is 10.8. The van der Waals surface area contributed by atoms with Crippen molar-refractivity contribution in [3.63, 3.8) is 0 Å². The molecule has 34 heavy (non-hydrogen) atoms. The van der Waals surface area contributed by atoms with E-state index >= 15 is 0 Å². The lowest BCUT2D eigenvalue weighted by Crippen LogP contribution is -2.53. The summed E-state index contributed by atoms with van der Waals surface area (Å²) in [5, 5.41) is 19.1. The summed E-state index contributed by atoms with van der Waals surface area (Å²) in [7, 11) is 1.75. The van der Waals surface area contributed by atoms with E-state index in [1.165, 1.54) is 24.3 Å². The number of aromatic nitrogens is 2. The number of piperazine rings is 1. The Morgan fingerprint density at radius 3 is 2.50 bits per heavy atom. The van der Waals surface area contributed by atoms with Crippen molar-refractivity contribution in [2.45, 2.75) is 0 Å². The number of para-hydroxylation sites is 1. The predicted octanol–water partition coefficient (Wildman–Crippen LogP) is -0.106. The molecule has 0 saturated carbocycles. The number of hydrogen-bond donors (Lipinski definition) is 3. The molecular formula is C23H23BFN5O4. The van der Waals surface area contributed by atoms with E-state index in [4.69, 9.17) is 0 Å². The van der Waals surface area contributed by atoms with Gasteiger partial charge in [0.25, 0.3) is 11.8 Å². The van der Waals surface area contributed by atoms with Crippen LogP contribution in [-0.4, -0.2) is 83.4 Å². The Morgan fingerprint density at radius 1 is 1.06 bits per heavy atom. The van der Waals surface area contributed by atoms with Crippen molar-refractivity contribution in [1.29, 1.82) is 0 Å². The maximum Gasteiger partial charge on any atom is 0.272 e. The van der Waals surface area contributed by atoms with Gasteiger partial charge in [0.1, 0.15) is 19.4 Å². The summed E-state index contributed by atoms with van der Waals surface area (Å²) in [5.74, 6) is -1.49. The first-order valence-electron chi connectivity index (χ1n) is 10.8. The lowest BCUT2D eigenvalue weighted by atomic mass is 9.90. The van der Waals surface area contributed by atoms with Gasteiger partial charge in [-0.3, -0.25) is 19.5 Å². The Bertz CT molecular complexity index is 1240. The predicted molar refractivity (Wildman–Crippen MR) is 125 cm³/mol. The Hall–Kier alpha value is -4.15. The van der Waals surface area contributed by atoms with Gasteiger partial charge in [-0.2, -0.15) is 5.10 Å². The van der Waals surface area contributed by atoms with Gasteiger partial charge in [0, 0.05) is 37.3 Å². The summed E-state index contributed by atoms with van der Waals surface area (Å²) >= 11 is 0. The quantitative estimate of drug-likeness (QED) is 0.457. The molecule has 1 aliphatic rings. The summed E-state index contributed by atoms with van der Waals surface area (Å²) in [6.07, 6.45) is 0. The highest BCUT2D eigenvalue weighted by Crippen LogP contribution is 2.27. The van der Waals surface area contributed by atoms with E-state index in [-0.39, 0.29) is 29.8 Å². The van der Waals surface area contributed by atoms with Crippen LogP contribution in [0.5, 0.6) is 5.75 Å². The number of nitrogens with zero attached hydrogens (tertiary/aromatic N) is 3. The minimum absolute atomic E-state index is 0.0541. The first-order chi connectivity index (χ1) is 16.3. The molecule has 1 saturated heterocycles. The molecule has 11 heteroatoms. The molecule has 1 aliphatic heterocycles. The van der Waals surface area contributed by atoms with Crippen LogP contribution in [0.3, 0.4) is 0 Å². The second-order valence-corrected chi connectivity index (χ2v) is 8.00. The molecule has 0 unspecified atom stereocenters. The van der Waals surface area contributed by atoms with Gasteiger partial charge in [0.2, 0.25) is 5.91 Å². The van der Waals surface area contributed by atoms with Gasteiger partial charge >= 0.3 is 0 Å². The van der Waals surface area contributed by atoms with E-state index in [0.717, 1.165) is 0 Å². The summed E-state index contributed by atoms with van der Waals surface area (Å²) in [6, 6.07) is 12.3. The lowest BCUT2D eigenvalue weighted by molar-refractivity contribution is -0.131. The molecule has 1 fully saturated rings. The molecule has 2 heterocycles. The molecule has 0 spiro atoms. The monoisotopic (exact) mass is 463 g/mol. The van der Waals surface area contributed by atoms with Crippen molar-refractivity contribution in [2.75, 3.05) is 32.7 Å². The molecule has 1 aromatic heterocycles. The fourth-order valence-electron chi connectivity index (χ4n) is 3.79. The van der Waals surface area contributed by atoms with Crippen molar-refractivity contribution >= 4 is 31.0 Å². The number of phenolic OH excluding ortho intramolecular Hbond substituents is 1. The third kappa shape index (κ3) is 4.93. The fraction of sp³-hybridized carbons (Fsp3) is 0.217. The smallest absolute Gasteiger partial charge is 0.272 e. The highest BCUT2D eigenvalue weighted by atomic mass is 19.1. The second-order valence-electron chi connectivity index (χ2n) is 8.00. The Labute approximate surface area is 196 Å². The van der Waals surface area contributed by atoms with Crippen LogP contribution in [-0.2, 0) is 4.79 Å². The highest BCUT2D eigenvalue weighted by Gasteiger charge is 2.26. The molecule has 0 bridgehead atoms. The largest absolute Gasteiger partial charge is 0.507 e. The Morgan fingerprint density at radius 2 is 1.76 bits per heavy atom. The van der Waals surface area contributed by atoms with Gasteiger partial charge < -0.3 is 20.2 Å². The number of aromatic amines is 1. The molecule has 9 nitrogen and oxygen atoms in total. The highest BCUT2D eigenvalue weighted by molar-refractivity contribution is 6.36. The number of H-pyrrole nitrogens is 1. The molecular weight excluding hydrogens is 440 g/mol. The van der Waals surface area contributed by atoms with Crippen LogP contribution in [0.15, 0.2) is 48.5 Å². The van der Waals surface area contributed by atoms with Gasteiger partial charge in [-0.05, 0) is 30.3 Å². The van der Waals surface area contributed by atoms with Crippen LogP contribution in [0.25, 0.3) is 11.3 Å². The van der Waals surface area contributed by atoms with Crippen molar-refractivity contribution in [3.05, 3.63) is 65.6 Å². The number of phenols is 1. The molecule has 3 aromatic rings. The van der Waals surface area contributed by atoms with Crippen molar-refractivity contribution in [1.82, 2.24) is 25.3 Å². The van der Waals surface area contributed by atoms with E-state index in [1.807, 2.05) is 0 Å². The van der Waals surface area contributed by atoms with Crippen molar-refractivity contribution in [2.24, 2.45) is 0 Å². The van der Waals surface area contributed by atoms with E-state index in [9.17, 15) is 23.9 Å². The number of aromatic hydroxyl groups is 1. The Balaban J connectivity index is 1.28. The number of nitrogens with one attached hydrogen (secondary N) is 2. The number of carbonyl (C=O) groups excluding carboxylic acids is 3. The summed E-state index contributed by atoms with van der Waals surface area (Å²) in [6.45, 7) is 1.05. The van der Waals surface area contributed by atoms with Crippen LogP contribution >= 0.6 is 0 Å². The van der Waals surface area contributed by atoms with Gasteiger partial charge in [-0.15, -0.1) is 0 Å². The molecule has 2 aromatic carbocycles. The van der Waals surface area contributed by atoms with E-state index in [0.29, 0.717) is 48.5 Å². The molecule has 174 valence electrons. The standard InChI is InChI=1S/C23H23BFN5O4/c24-17-6-5-14(25)11-16(17)23(34)30-9-7-29(8-10-30)21(32)13-26-22(33)19-12-18(27-28-19)15-3-1-2-4-20(15)31/h1-6,11-12,31H,7-10,13,24H2,(H,26,33)(H,27,28). The van der Waals surface area contributed by atoms with Crippen LogP contribution < -0.4 is 10.8 Å². The number of hydrogen-bond acceptors (Lipinski definition) is 5. The van der Waals surface area contributed by atoms with Gasteiger partial charge in [0.05, 0.1) is 12.2 Å². The zero-order chi connectivity index (χ0) is 24.2. The van der Waals surface area contributed by atoms with Gasteiger partial charge in [-0.25, -0.2) is 4.39 Å². The first kappa shape index (κ1) is 23.0. The number of halogens is 1. The second kappa shape index (κ2) is 9.78. The average molecular weight is 463 g/mol. The zero-order valence-electron chi connectivity index (χ0n) is 18.5. The Kier molecular flexibility index (Phi) is 6.62. The van der Waals surface area contributed by atoms with Gasteiger partial charge in [0.15, 0.2) is 5.69 Å². The number of benzene rings is 2. The van der Waals surface area contributed by atoms with Crippen LogP contribution in [0.1, 0.15) is 20.8 Å². The number of carbonyl (C=O) groups is 3. The number of rotatable bonds is 5. The summed E-state index contributed by atoms with van der Waals surface area (Å²) < 4.78 is 13.5. The molecule has 3 N–H and O–H groups in total. The number of amides is 3. The van der Waals surface area contributed by atoms with E-state index < -0.39 is 11.7 Å². The normalized spacial score (nSPS) is 13.6. The molecule has 3 amide bonds.